The Balaban J connectivity index is 2.08. The van der Waals surface area contributed by atoms with Crippen molar-refractivity contribution in [3.05, 3.63) is 29.8 Å². The van der Waals surface area contributed by atoms with Crippen molar-refractivity contribution in [2.45, 2.75) is 32.7 Å². The van der Waals surface area contributed by atoms with Gasteiger partial charge in [0.05, 0.1) is 6.61 Å². The van der Waals surface area contributed by atoms with Gasteiger partial charge in [0.2, 0.25) is 0 Å². The number of hydrogen-bond donors (Lipinski definition) is 1. The molecule has 0 bridgehead atoms. The molecule has 1 fully saturated rings. The quantitative estimate of drug-likeness (QED) is 0.775. The highest BCUT2D eigenvalue weighted by Gasteiger charge is 2.32. The molecule has 3 heteroatoms. The van der Waals surface area contributed by atoms with Crippen LogP contribution in [0.4, 0.5) is 0 Å². The van der Waals surface area contributed by atoms with Gasteiger partial charge in [-0.3, -0.25) is 4.90 Å². The second kappa shape index (κ2) is 7.65. The summed E-state index contributed by atoms with van der Waals surface area (Å²) in [7, 11) is 2.23. The highest BCUT2D eigenvalue weighted by Crippen LogP contribution is 2.36. The lowest BCUT2D eigenvalue weighted by molar-refractivity contribution is 0.270. The zero-order chi connectivity index (χ0) is 14.4. The van der Waals surface area contributed by atoms with Crippen LogP contribution in [0.5, 0.6) is 5.75 Å². The fourth-order valence-electron chi connectivity index (χ4n) is 3.19. The first-order valence-electron chi connectivity index (χ1n) is 7.90. The van der Waals surface area contributed by atoms with E-state index >= 15 is 0 Å². The molecule has 0 saturated carbocycles. The molecule has 20 heavy (non-hydrogen) atoms. The topological polar surface area (TPSA) is 24.5 Å². The number of nitrogens with zero attached hydrogens (tertiary/aromatic N) is 1. The van der Waals surface area contributed by atoms with Gasteiger partial charge in [-0.25, -0.2) is 0 Å². The van der Waals surface area contributed by atoms with E-state index in [2.05, 4.69) is 42.4 Å². The van der Waals surface area contributed by atoms with E-state index < -0.39 is 0 Å². The van der Waals surface area contributed by atoms with Gasteiger partial charge in [0.25, 0.3) is 0 Å². The first-order valence-corrected chi connectivity index (χ1v) is 7.90. The molecule has 1 saturated heterocycles. The van der Waals surface area contributed by atoms with Gasteiger partial charge in [0, 0.05) is 6.04 Å². The SMILES string of the molecule is CCCNCC1CCN(C)C1c1cccc(OCC)c1. The average Bonchev–Trinajstić information content (AvgIpc) is 2.81. The lowest BCUT2D eigenvalue weighted by Crippen LogP contribution is -2.28. The largest absolute Gasteiger partial charge is 0.494 e. The predicted octanol–water partition coefficient (Wildman–Crippen LogP) is 3.08. The van der Waals surface area contributed by atoms with Crippen molar-refractivity contribution in [2.24, 2.45) is 5.92 Å². The molecule has 1 N–H and O–H groups in total. The molecule has 1 aromatic carbocycles. The van der Waals surface area contributed by atoms with Crippen molar-refractivity contribution in [1.82, 2.24) is 10.2 Å². The lowest BCUT2D eigenvalue weighted by atomic mass is 9.93. The molecule has 3 nitrogen and oxygen atoms in total. The Morgan fingerprint density at radius 2 is 2.20 bits per heavy atom. The van der Waals surface area contributed by atoms with Crippen LogP contribution in [0.3, 0.4) is 0 Å². The molecular weight excluding hydrogens is 248 g/mol. The molecule has 112 valence electrons. The molecule has 0 amide bonds. The molecule has 2 unspecified atom stereocenters. The molecule has 1 aliphatic heterocycles. The van der Waals surface area contributed by atoms with Crippen LogP contribution in [0.2, 0.25) is 0 Å². The van der Waals surface area contributed by atoms with Gasteiger partial charge in [0.15, 0.2) is 0 Å². The maximum absolute atomic E-state index is 5.64. The molecule has 1 aliphatic rings. The van der Waals surface area contributed by atoms with E-state index in [9.17, 15) is 0 Å². The van der Waals surface area contributed by atoms with Gasteiger partial charge < -0.3 is 10.1 Å². The Bertz CT molecular complexity index is 408. The summed E-state index contributed by atoms with van der Waals surface area (Å²) in [4.78, 5) is 2.48. The number of nitrogens with one attached hydrogen (secondary N) is 1. The third kappa shape index (κ3) is 3.74. The van der Waals surface area contributed by atoms with E-state index in [0.717, 1.165) is 25.4 Å². The van der Waals surface area contributed by atoms with E-state index in [1.165, 1.54) is 24.9 Å². The van der Waals surface area contributed by atoms with Crippen LogP contribution in [0.25, 0.3) is 0 Å². The second-order valence-electron chi connectivity index (χ2n) is 5.68. The summed E-state index contributed by atoms with van der Waals surface area (Å²) in [6.45, 7) is 8.39. The minimum absolute atomic E-state index is 0.514. The van der Waals surface area contributed by atoms with E-state index in [1.807, 2.05) is 13.0 Å². The Kier molecular flexibility index (Phi) is 5.86. The Morgan fingerprint density at radius 1 is 1.35 bits per heavy atom. The Morgan fingerprint density at radius 3 is 2.95 bits per heavy atom. The first kappa shape index (κ1) is 15.3. The summed E-state index contributed by atoms with van der Waals surface area (Å²) >= 11 is 0. The van der Waals surface area contributed by atoms with Gasteiger partial charge >= 0.3 is 0 Å². The maximum atomic E-state index is 5.64. The second-order valence-corrected chi connectivity index (χ2v) is 5.68. The zero-order valence-corrected chi connectivity index (χ0v) is 13.1. The van der Waals surface area contributed by atoms with Crippen LogP contribution < -0.4 is 10.1 Å². The molecule has 2 atom stereocenters. The van der Waals surface area contributed by atoms with Gasteiger partial charge in [0.1, 0.15) is 5.75 Å². The summed E-state index contributed by atoms with van der Waals surface area (Å²) in [6.07, 6.45) is 2.48. The normalized spacial score (nSPS) is 23.1. The summed E-state index contributed by atoms with van der Waals surface area (Å²) in [5.41, 5.74) is 1.39. The number of likely N-dealkylation sites (tertiary alicyclic amines) is 1. The zero-order valence-electron chi connectivity index (χ0n) is 13.1. The van der Waals surface area contributed by atoms with Crippen molar-refractivity contribution >= 4 is 0 Å². The van der Waals surface area contributed by atoms with Crippen molar-refractivity contribution in [3.63, 3.8) is 0 Å². The highest BCUT2D eigenvalue weighted by molar-refractivity contribution is 5.31. The van der Waals surface area contributed by atoms with Gasteiger partial charge in [-0.05, 0) is 70.1 Å². The van der Waals surface area contributed by atoms with Crippen LogP contribution in [0.15, 0.2) is 24.3 Å². The number of benzene rings is 1. The minimum Gasteiger partial charge on any atom is -0.494 e. The first-order chi connectivity index (χ1) is 9.76. The van der Waals surface area contributed by atoms with Crippen molar-refractivity contribution in [3.8, 4) is 5.75 Å². The monoisotopic (exact) mass is 276 g/mol. The number of hydrogen-bond acceptors (Lipinski definition) is 3. The highest BCUT2D eigenvalue weighted by atomic mass is 16.5. The van der Waals surface area contributed by atoms with E-state index in [0.29, 0.717) is 12.0 Å². The predicted molar refractivity (Wildman–Crippen MR) is 84.2 cm³/mol. The Labute approximate surface area is 123 Å². The smallest absolute Gasteiger partial charge is 0.119 e. The average molecular weight is 276 g/mol. The summed E-state index contributed by atoms with van der Waals surface area (Å²) in [5, 5.41) is 3.58. The molecule has 0 spiro atoms. The summed E-state index contributed by atoms with van der Waals surface area (Å²) in [6, 6.07) is 9.12. The van der Waals surface area contributed by atoms with Gasteiger partial charge in [-0.15, -0.1) is 0 Å². The Hall–Kier alpha value is -1.06. The third-order valence-electron chi connectivity index (χ3n) is 4.12. The van der Waals surface area contributed by atoms with Crippen molar-refractivity contribution in [1.29, 1.82) is 0 Å². The van der Waals surface area contributed by atoms with Gasteiger partial charge in [-0.1, -0.05) is 19.1 Å². The van der Waals surface area contributed by atoms with Crippen LogP contribution in [0, 0.1) is 5.92 Å². The van der Waals surface area contributed by atoms with Crippen LogP contribution in [-0.2, 0) is 0 Å². The molecular formula is C17H28N2O. The van der Waals surface area contributed by atoms with Crippen molar-refractivity contribution < 1.29 is 4.74 Å². The number of rotatable bonds is 7. The van der Waals surface area contributed by atoms with Crippen LogP contribution in [-0.4, -0.2) is 38.2 Å². The van der Waals surface area contributed by atoms with Crippen LogP contribution >= 0.6 is 0 Å². The summed E-state index contributed by atoms with van der Waals surface area (Å²) in [5.74, 6) is 1.69. The van der Waals surface area contributed by atoms with E-state index in [4.69, 9.17) is 4.74 Å². The molecule has 1 aromatic rings. The minimum atomic E-state index is 0.514. The third-order valence-corrected chi connectivity index (χ3v) is 4.12. The van der Waals surface area contributed by atoms with Gasteiger partial charge in [-0.2, -0.15) is 0 Å². The molecule has 1 heterocycles. The van der Waals surface area contributed by atoms with Crippen LogP contribution in [0.1, 0.15) is 38.3 Å². The van der Waals surface area contributed by atoms with Crippen molar-refractivity contribution in [2.75, 3.05) is 33.3 Å². The molecule has 0 radical (unpaired) electrons. The molecule has 0 aliphatic carbocycles. The standard InChI is InChI=1S/C17H28N2O/c1-4-10-18-13-15-9-11-19(3)17(15)14-7-6-8-16(12-14)20-5-2/h6-8,12,15,17-18H,4-5,9-11,13H2,1-3H3. The fourth-order valence-corrected chi connectivity index (χ4v) is 3.19. The number of ether oxygens (including phenoxy) is 1. The summed E-state index contributed by atoms with van der Waals surface area (Å²) < 4.78 is 5.64. The van der Waals surface area contributed by atoms with E-state index in [-0.39, 0.29) is 0 Å². The lowest BCUT2D eigenvalue weighted by Gasteiger charge is -2.26. The van der Waals surface area contributed by atoms with E-state index in [1.54, 1.807) is 0 Å². The molecule has 0 aromatic heterocycles. The fraction of sp³-hybridized carbons (Fsp3) is 0.647. The molecule has 2 rings (SSSR count). The maximum Gasteiger partial charge on any atom is 0.119 e.